The van der Waals surface area contributed by atoms with Gasteiger partial charge in [0.15, 0.2) is 0 Å². The monoisotopic (exact) mass is 498 g/mol. The molecule has 3 aromatic rings. The predicted molar refractivity (Wildman–Crippen MR) is 132 cm³/mol. The van der Waals surface area contributed by atoms with Crippen molar-refractivity contribution >= 4 is 27.5 Å². The molecule has 0 saturated carbocycles. The van der Waals surface area contributed by atoms with Crippen LogP contribution in [0.1, 0.15) is 34.3 Å². The Labute approximate surface area is 205 Å². The summed E-state index contributed by atoms with van der Waals surface area (Å²) in [7, 11) is -3.91. The van der Waals surface area contributed by atoms with Crippen LogP contribution in [0.3, 0.4) is 0 Å². The van der Waals surface area contributed by atoms with Crippen LogP contribution in [0.2, 0.25) is 5.02 Å². The van der Waals surface area contributed by atoms with Gasteiger partial charge in [-0.3, -0.25) is 14.7 Å². The Hall–Kier alpha value is -2.78. The quantitative estimate of drug-likeness (QED) is 0.495. The maximum atomic E-state index is 12.9. The van der Waals surface area contributed by atoms with E-state index in [4.69, 9.17) is 11.6 Å². The van der Waals surface area contributed by atoms with Gasteiger partial charge in [0.2, 0.25) is 10.0 Å². The fraction of sp³-hybridized carbons (Fsp3) is 0.280. The standard InChI is InChI=1S/C25H27ClN4O3S/c26-23-9-8-21(15-24(23)34(32,33)28-17-20-7-4-12-27-16-20)25(31)29-22-10-13-30(14-11-22)18-19-5-2-1-3-6-19/h1-9,12,15-16,22,28H,10-11,13-14,17-18H2,(H,29,31). The molecular formula is C25H27ClN4O3S. The lowest BCUT2D eigenvalue weighted by atomic mass is 10.0. The highest BCUT2D eigenvalue weighted by Gasteiger charge is 2.23. The van der Waals surface area contributed by atoms with Gasteiger partial charge in [0, 0.05) is 50.2 Å². The van der Waals surface area contributed by atoms with Crippen LogP contribution in [0.4, 0.5) is 0 Å². The Morgan fingerprint density at radius 1 is 1.03 bits per heavy atom. The number of nitrogens with zero attached hydrogens (tertiary/aromatic N) is 2. The number of piperidine rings is 1. The molecule has 1 saturated heterocycles. The molecule has 0 radical (unpaired) electrons. The zero-order valence-corrected chi connectivity index (χ0v) is 20.2. The van der Waals surface area contributed by atoms with E-state index in [2.05, 4.69) is 32.1 Å². The SMILES string of the molecule is O=C(NC1CCN(Cc2ccccc2)CC1)c1ccc(Cl)c(S(=O)(=O)NCc2cccnc2)c1. The van der Waals surface area contributed by atoms with Gasteiger partial charge in [-0.15, -0.1) is 0 Å². The predicted octanol–water partition coefficient (Wildman–Crippen LogP) is 3.61. The van der Waals surface area contributed by atoms with Gasteiger partial charge < -0.3 is 5.32 Å². The topological polar surface area (TPSA) is 91.4 Å². The Morgan fingerprint density at radius 2 is 1.76 bits per heavy atom. The van der Waals surface area contributed by atoms with Crippen molar-refractivity contribution in [3.8, 4) is 0 Å². The zero-order valence-electron chi connectivity index (χ0n) is 18.7. The summed E-state index contributed by atoms with van der Waals surface area (Å²) in [6, 6.07) is 18.2. The summed E-state index contributed by atoms with van der Waals surface area (Å²) in [5.74, 6) is -0.304. The molecular weight excluding hydrogens is 472 g/mol. The van der Waals surface area contributed by atoms with Gasteiger partial charge in [0.1, 0.15) is 4.90 Å². The van der Waals surface area contributed by atoms with E-state index >= 15 is 0 Å². The number of pyridine rings is 1. The summed E-state index contributed by atoms with van der Waals surface area (Å²) < 4.78 is 28.2. The van der Waals surface area contributed by atoms with Crippen LogP contribution in [0.25, 0.3) is 0 Å². The maximum Gasteiger partial charge on any atom is 0.251 e. The number of nitrogens with one attached hydrogen (secondary N) is 2. The molecule has 1 fully saturated rings. The highest BCUT2D eigenvalue weighted by atomic mass is 35.5. The highest BCUT2D eigenvalue weighted by molar-refractivity contribution is 7.89. The minimum atomic E-state index is -3.91. The number of halogens is 1. The number of rotatable bonds is 8. The third kappa shape index (κ3) is 6.42. The van der Waals surface area contributed by atoms with E-state index in [1.165, 1.54) is 17.7 Å². The van der Waals surface area contributed by atoms with Crippen LogP contribution >= 0.6 is 11.6 Å². The smallest absolute Gasteiger partial charge is 0.251 e. The van der Waals surface area contributed by atoms with E-state index in [1.54, 1.807) is 30.6 Å². The summed E-state index contributed by atoms with van der Waals surface area (Å²) in [5, 5.41) is 3.10. The van der Waals surface area contributed by atoms with Crippen molar-refractivity contribution in [3.05, 3.63) is 94.8 Å². The molecule has 7 nitrogen and oxygen atoms in total. The van der Waals surface area contributed by atoms with Crippen LogP contribution in [-0.2, 0) is 23.1 Å². The summed E-state index contributed by atoms with van der Waals surface area (Å²) in [6.45, 7) is 2.74. The number of likely N-dealkylation sites (tertiary alicyclic amines) is 1. The molecule has 0 aliphatic carbocycles. The number of carbonyl (C=O) groups is 1. The normalized spacial score (nSPS) is 15.2. The van der Waals surface area contributed by atoms with Crippen molar-refractivity contribution in [1.29, 1.82) is 0 Å². The van der Waals surface area contributed by atoms with Gasteiger partial charge in [0.25, 0.3) is 5.91 Å². The first-order chi connectivity index (χ1) is 16.4. The van der Waals surface area contributed by atoms with Crippen LogP contribution < -0.4 is 10.0 Å². The molecule has 0 atom stereocenters. The minimum Gasteiger partial charge on any atom is -0.349 e. The third-order valence-electron chi connectivity index (χ3n) is 5.84. The first kappa shape index (κ1) is 24.3. The van der Waals surface area contributed by atoms with E-state index < -0.39 is 10.0 Å². The van der Waals surface area contributed by atoms with Crippen molar-refractivity contribution in [1.82, 2.24) is 19.9 Å². The van der Waals surface area contributed by atoms with Gasteiger partial charge in [-0.25, -0.2) is 13.1 Å². The molecule has 0 unspecified atom stereocenters. The maximum absolute atomic E-state index is 12.9. The molecule has 2 aromatic carbocycles. The molecule has 0 bridgehead atoms. The zero-order chi connectivity index (χ0) is 24.0. The molecule has 1 aromatic heterocycles. The molecule has 1 amide bonds. The first-order valence-electron chi connectivity index (χ1n) is 11.2. The molecule has 4 rings (SSSR count). The summed E-state index contributed by atoms with van der Waals surface area (Å²) in [4.78, 5) is 19.1. The molecule has 0 spiro atoms. The van der Waals surface area contributed by atoms with Crippen LogP contribution in [0.5, 0.6) is 0 Å². The lowest BCUT2D eigenvalue weighted by Crippen LogP contribution is -2.44. The largest absolute Gasteiger partial charge is 0.349 e. The van der Waals surface area contributed by atoms with E-state index in [-0.39, 0.29) is 34.0 Å². The Morgan fingerprint density at radius 3 is 2.47 bits per heavy atom. The number of sulfonamides is 1. The molecule has 9 heteroatoms. The molecule has 34 heavy (non-hydrogen) atoms. The molecule has 1 aliphatic heterocycles. The van der Waals surface area contributed by atoms with Crippen molar-refractivity contribution < 1.29 is 13.2 Å². The van der Waals surface area contributed by atoms with Gasteiger partial charge in [-0.1, -0.05) is 48.0 Å². The average Bonchev–Trinajstić information content (AvgIpc) is 2.85. The van der Waals surface area contributed by atoms with E-state index in [0.29, 0.717) is 0 Å². The number of aromatic nitrogens is 1. The van der Waals surface area contributed by atoms with Crippen molar-refractivity contribution in [2.75, 3.05) is 13.1 Å². The Bertz CT molecular complexity index is 1220. The fourth-order valence-corrected chi connectivity index (χ4v) is 5.50. The second kappa shape index (κ2) is 11.1. The summed E-state index contributed by atoms with van der Waals surface area (Å²) >= 11 is 6.17. The third-order valence-corrected chi connectivity index (χ3v) is 7.73. The van der Waals surface area contributed by atoms with Crippen LogP contribution in [0, 0.1) is 0 Å². The highest BCUT2D eigenvalue weighted by Crippen LogP contribution is 2.23. The molecule has 1 aliphatic rings. The van der Waals surface area contributed by atoms with E-state index in [9.17, 15) is 13.2 Å². The summed E-state index contributed by atoms with van der Waals surface area (Å²) in [6.07, 6.45) is 4.87. The van der Waals surface area contributed by atoms with Gasteiger partial charge in [-0.05, 0) is 48.2 Å². The van der Waals surface area contributed by atoms with Crippen LogP contribution in [0.15, 0.2) is 78.0 Å². The van der Waals surface area contributed by atoms with Gasteiger partial charge >= 0.3 is 0 Å². The van der Waals surface area contributed by atoms with E-state index in [1.807, 2.05) is 18.2 Å². The summed E-state index contributed by atoms with van der Waals surface area (Å²) in [5.41, 5.74) is 2.25. The van der Waals surface area contributed by atoms with Gasteiger partial charge in [-0.2, -0.15) is 0 Å². The number of hydrogen-bond acceptors (Lipinski definition) is 5. The minimum absolute atomic E-state index is 0.0407. The Kier molecular flexibility index (Phi) is 7.95. The Balaban J connectivity index is 1.35. The average molecular weight is 499 g/mol. The number of benzene rings is 2. The lowest BCUT2D eigenvalue weighted by Gasteiger charge is -2.32. The van der Waals surface area contributed by atoms with Crippen LogP contribution in [-0.4, -0.2) is 43.3 Å². The van der Waals surface area contributed by atoms with E-state index in [0.717, 1.165) is 38.0 Å². The second-order valence-corrected chi connectivity index (χ2v) is 10.5. The van der Waals surface area contributed by atoms with Crippen molar-refractivity contribution in [2.45, 2.75) is 36.9 Å². The molecule has 178 valence electrons. The number of amides is 1. The number of carbonyl (C=O) groups excluding carboxylic acids is 1. The molecule has 2 N–H and O–H groups in total. The van der Waals surface area contributed by atoms with Crippen molar-refractivity contribution in [2.24, 2.45) is 0 Å². The lowest BCUT2D eigenvalue weighted by molar-refractivity contribution is 0.0908. The number of hydrogen-bond donors (Lipinski definition) is 2. The van der Waals surface area contributed by atoms with Gasteiger partial charge in [0.05, 0.1) is 5.02 Å². The second-order valence-electron chi connectivity index (χ2n) is 8.34. The first-order valence-corrected chi connectivity index (χ1v) is 13.0. The molecule has 2 heterocycles. The fourth-order valence-electron chi connectivity index (χ4n) is 3.96. The van der Waals surface area contributed by atoms with Crippen molar-refractivity contribution in [3.63, 3.8) is 0 Å².